The molecule has 2 heterocycles. The van der Waals surface area contributed by atoms with Crippen molar-refractivity contribution in [1.29, 1.82) is 0 Å². The summed E-state index contributed by atoms with van der Waals surface area (Å²) in [7, 11) is 0. The summed E-state index contributed by atoms with van der Waals surface area (Å²) in [6.07, 6.45) is 3.60. The van der Waals surface area contributed by atoms with Crippen molar-refractivity contribution in [1.82, 2.24) is 10.6 Å². The Balaban J connectivity index is 1.43. The predicted molar refractivity (Wildman–Crippen MR) is 99.9 cm³/mol. The van der Waals surface area contributed by atoms with E-state index in [2.05, 4.69) is 16.0 Å². The fourth-order valence-electron chi connectivity index (χ4n) is 3.49. The zero-order valence-electron chi connectivity index (χ0n) is 14.9. The molecule has 0 spiro atoms. The number of piperidine rings is 1. The highest BCUT2D eigenvalue weighted by atomic mass is 16.2. The second-order valence-electron chi connectivity index (χ2n) is 6.90. The summed E-state index contributed by atoms with van der Waals surface area (Å²) >= 11 is 0. The lowest BCUT2D eigenvalue weighted by Gasteiger charge is -2.29. The van der Waals surface area contributed by atoms with Gasteiger partial charge in [-0.2, -0.15) is 0 Å². The van der Waals surface area contributed by atoms with Crippen molar-refractivity contribution in [2.24, 2.45) is 5.92 Å². The average molecular weight is 358 g/mol. The molecule has 1 atom stereocenters. The minimum absolute atomic E-state index is 0.00779. The second kappa shape index (κ2) is 8.80. The fraction of sp³-hybridized carbons (Fsp3) is 0.526. The van der Waals surface area contributed by atoms with Crippen LogP contribution < -0.4 is 20.9 Å². The van der Waals surface area contributed by atoms with Crippen molar-refractivity contribution >= 4 is 29.1 Å². The van der Waals surface area contributed by atoms with Crippen LogP contribution in [0.25, 0.3) is 0 Å². The number of rotatable bonds is 6. The molecule has 0 radical (unpaired) electrons. The van der Waals surface area contributed by atoms with E-state index < -0.39 is 0 Å². The lowest BCUT2D eigenvalue weighted by atomic mass is 9.96. The summed E-state index contributed by atoms with van der Waals surface area (Å²) in [6, 6.07) is 7.19. The summed E-state index contributed by atoms with van der Waals surface area (Å²) in [5.41, 5.74) is 1.31. The Kier molecular flexibility index (Phi) is 6.22. The first-order valence-electron chi connectivity index (χ1n) is 9.30. The van der Waals surface area contributed by atoms with Gasteiger partial charge >= 0.3 is 0 Å². The van der Waals surface area contributed by atoms with E-state index in [1.54, 1.807) is 12.1 Å². The molecule has 7 nitrogen and oxygen atoms in total. The van der Waals surface area contributed by atoms with Crippen LogP contribution in [0.2, 0.25) is 0 Å². The molecule has 0 bridgehead atoms. The van der Waals surface area contributed by atoms with Crippen molar-refractivity contribution in [2.75, 3.05) is 36.4 Å². The molecule has 3 amide bonds. The molecule has 26 heavy (non-hydrogen) atoms. The molecule has 1 saturated heterocycles. The zero-order chi connectivity index (χ0) is 18.4. The van der Waals surface area contributed by atoms with E-state index in [4.69, 9.17) is 0 Å². The number of nitrogens with one attached hydrogen (secondary N) is 3. The van der Waals surface area contributed by atoms with E-state index in [-0.39, 0.29) is 37.1 Å². The Bertz CT molecular complexity index is 671. The molecule has 2 aliphatic heterocycles. The third-order valence-electron chi connectivity index (χ3n) is 4.91. The highest BCUT2D eigenvalue weighted by Gasteiger charge is 2.26. The molecule has 1 aromatic carbocycles. The lowest BCUT2D eigenvalue weighted by molar-refractivity contribution is -0.125. The number of fused-ring (bicyclic) bond motifs is 1. The molecule has 2 aliphatic rings. The van der Waals surface area contributed by atoms with Crippen LogP contribution in [0, 0.1) is 5.92 Å². The van der Waals surface area contributed by atoms with Gasteiger partial charge < -0.3 is 20.9 Å². The quantitative estimate of drug-likeness (QED) is 0.714. The van der Waals surface area contributed by atoms with Gasteiger partial charge in [0, 0.05) is 19.4 Å². The first-order chi connectivity index (χ1) is 12.6. The van der Waals surface area contributed by atoms with Gasteiger partial charge in [0.15, 0.2) is 0 Å². The minimum atomic E-state index is -0.220. The number of hydrogen-bond donors (Lipinski definition) is 3. The number of carbonyl (C=O) groups is 3. The topological polar surface area (TPSA) is 90.5 Å². The highest BCUT2D eigenvalue weighted by molar-refractivity contribution is 6.10. The van der Waals surface area contributed by atoms with Gasteiger partial charge in [-0.15, -0.1) is 0 Å². The van der Waals surface area contributed by atoms with Crippen molar-refractivity contribution in [3.63, 3.8) is 0 Å². The molecule has 0 aromatic heterocycles. The normalized spacial score (nSPS) is 19.5. The largest absolute Gasteiger partial charge is 0.356 e. The van der Waals surface area contributed by atoms with Crippen LogP contribution in [-0.4, -0.2) is 43.9 Å². The number of nitrogens with zero attached hydrogens (tertiary/aromatic N) is 1. The number of para-hydroxylation sites is 2. The van der Waals surface area contributed by atoms with E-state index in [1.165, 1.54) is 17.7 Å². The molecular formula is C19H26N4O3. The van der Waals surface area contributed by atoms with E-state index >= 15 is 0 Å². The molecule has 3 N–H and O–H groups in total. The second-order valence-corrected chi connectivity index (χ2v) is 6.90. The average Bonchev–Trinajstić information content (AvgIpc) is 2.66. The van der Waals surface area contributed by atoms with Crippen molar-refractivity contribution < 1.29 is 14.4 Å². The van der Waals surface area contributed by atoms with Gasteiger partial charge in [-0.3, -0.25) is 14.4 Å². The van der Waals surface area contributed by atoms with Crippen molar-refractivity contribution in [3.05, 3.63) is 24.3 Å². The summed E-state index contributed by atoms with van der Waals surface area (Å²) in [5.74, 6) is 0.0763. The van der Waals surface area contributed by atoms with Crippen LogP contribution in [-0.2, 0) is 14.4 Å². The standard InChI is InChI=1S/C19H26N4O3/c24-17(21-11-9-14-4-3-10-20-12-14)7-8-19(26)23-13-18(25)22-15-5-1-2-6-16(15)23/h1-2,5-6,14,20H,3-4,7-13H2,(H,21,24)(H,22,25). The van der Waals surface area contributed by atoms with Gasteiger partial charge in [0.05, 0.1) is 11.4 Å². The summed E-state index contributed by atoms with van der Waals surface area (Å²) < 4.78 is 0. The molecular weight excluding hydrogens is 332 g/mol. The maximum absolute atomic E-state index is 12.5. The maximum atomic E-state index is 12.5. The molecule has 0 aliphatic carbocycles. The highest BCUT2D eigenvalue weighted by Crippen LogP contribution is 2.29. The number of carbonyl (C=O) groups excluding carboxylic acids is 3. The number of benzene rings is 1. The molecule has 140 valence electrons. The Morgan fingerprint density at radius 2 is 2.08 bits per heavy atom. The van der Waals surface area contributed by atoms with Crippen molar-refractivity contribution in [3.8, 4) is 0 Å². The molecule has 1 unspecified atom stereocenters. The summed E-state index contributed by atoms with van der Waals surface area (Å²) in [4.78, 5) is 37.7. The molecule has 1 fully saturated rings. The van der Waals surface area contributed by atoms with Gasteiger partial charge in [0.1, 0.15) is 6.54 Å². The Hall–Kier alpha value is -2.41. The predicted octanol–water partition coefficient (Wildman–Crippen LogP) is 1.26. The maximum Gasteiger partial charge on any atom is 0.244 e. The Morgan fingerprint density at radius 1 is 1.23 bits per heavy atom. The van der Waals surface area contributed by atoms with Crippen LogP contribution in [0.1, 0.15) is 32.1 Å². The third-order valence-corrected chi connectivity index (χ3v) is 4.91. The first-order valence-corrected chi connectivity index (χ1v) is 9.30. The van der Waals surface area contributed by atoms with Crippen LogP contribution in [0.5, 0.6) is 0 Å². The smallest absolute Gasteiger partial charge is 0.244 e. The molecule has 1 aromatic rings. The van der Waals surface area contributed by atoms with Crippen LogP contribution in [0.3, 0.4) is 0 Å². The van der Waals surface area contributed by atoms with E-state index in [9.17, 15) is 14.4 Å². The molecule has 7 heteroatoms. The van der Waals surface area contributed by atoms with E-state index in [1.807, 2.05) is 12.1 Å². The van der Waals surface area contributed by atoms with Gasteiger partial charge in [-0.1, -0.05) is 12.1 Å². The summed E-state index contributed by atoms with van der Waals surface area (Å²) in [5, 5.41) is 9.02. The van der Waals surface area contributed by atoms with Crippen LogP contribution >= 0.6 is 0 Å². The SMILES string of the molecule is O=C(CCC(=O)N1CC(=O)Nc2ccccc21)NCCC1CCCNC1. The van der Waals surface area contributed by atoms with Crippen LogP contribution in [0.15, 0.2) is 24.3 Å². The zero-order valence-corrected chi connectivity index (χ0v) is 14.9. The lowest BCUT2D eigenvalue weighted by Crippen LogP contribution is -2.42. The third kappa shape index (κ3) is 4.82. The Morgan fingerprint density at radius 3 is 2.88 bits per heavy atom. The monoisotopic (exact) mass is 358 g/mol. The molecule has 3 rings (SSSR count). The number of anilines is 2. The van der Waals surface area contributed by atoms with Gasteiger partial charge in [-0.25, -0.2) is 0 Å². The fourth-order valence-corrected chi connectivity index (χ4v) is 3.49. The Labute approximate surface area is 153 Å². The van der Waals surface area contributed by atoms with Gasteiger partial charge in [0.25, 0.3) is 0 Å². The van der Waals surface area contributed by atoms with Gasteiger partial charge in [0.2, 0.25) is 17.7 Å². The first kappa shape index (κ1) is 18.4. The van der Waals surface area contributed by atoms with E-state index in [0.29, 0.717) is 23.8 Å². The van der Waals surface area contributed by atoms with E-state index in [0.717, 1.165) is 19.5 Å². The van der Waals surface area contributed by atoms with Crippen molar-refractivity contribution in [2.45, 2.75) is 32.1 Å². The molecule has 0 saturated carbocycles. The number of amides is 3. The van der Waals surface area contributed by atoms with Gasteiger partial charge in [-0.05, 0) is 50.4 Å². The number of hydrogen-bond acceptors (Lipinski definition) is 4. The van der Waals surface area contributed by atoms with Crippen LogP contribution in [0.4, 0.5) is 11.4 Å². The summed E-state index contributed by atoms with van der Waals surface area (Å²) in [6.45, 7) is 2.74. The minimum Gasteiger partial charge on any atom is -0.356 e.